The number of piperidine rings is 1. The fraction of sp³-hybridized carbons (Fsp3) is 0.444. The average Bonchev–Trinajstić information content (AvgIpc) is 3.12. The molecule has 0 aliphatic carbocycles. The van der Waals surface area contributed by atoms with E-state index in [1.54, 1.807) is 18.2 Å². The Hall–Kier alpha value is -2.77. The van der Waals surface area contributed by atoms with Crippen LogP contribution in [0.15, 0.2) is 18.2 Å². The third-order valence-corrected chi connectivity index (χ3v) is 5.43. The van der Waals surface area contributed by atoms with Crippen LogP contribution in [0.2, 0.25) is 0 Å². The Labute approximate surface area is 163 Å². The van der Waals surface area contributed by atoms with Crippen molar-refractivity contribution in [1.82, 2.24) is 9.62 Å². The number of amides is 2. The second-order valence-electron chi connectivity index (χ2n) is 6.09. The molecule has 1 saturated heterocycles. The van der Waals surface area contributed by atoms with Crippen molar-refractivity contribution < 1.29 is 32.2 Å². The molecule has 0 atom stereocenters. The first-order valence-electron chi connectivity index (χ1n) is 8.73. The van der Waals surface area contributed by atoms with Crippen LogP contribution in [0.1, 0.15) is 19.3 Å². The number of fused-ring (bicyclic) bond motifs is 1. The van der Waals surface area contributed by atoms with Crippen molar-refractivity contribution in [2.75, 3.05) is 32.2 Å². The molecule has 2 aliphatic heterocycles. The summed E-state index contributed by atoms with van der Waals surface area (Å²) in [5.41, 5.74) is 0. The quantitative estimate of drug-likeness (QED) is 0.509. The molecular formula is C18H20N2O7S. The van der Waals surface area contributed by atoms with Crippen molar-refractivity contribution in [3.63, 3.8) is 0 Å². The molecule has 0 unspecified atom stereocenters. The van der Waals surface area contributed by atoms with E-state index in [1.807, 2.05) is 0 Å². The Bertz CT molecular complexity index is 902. The number of carbonyl (C=O) groups excluding carboxylic acids is 2. The summed E-state index contributed by atoms with van der Waals surface area (Å²) >= 11 is 0. The van der Waals surface area contributed by atoms with Gasteiger partial charge in [-0.25, -0.2) is 13.1 Å². The molecule has 1 N–H and O–H groups in total. The largest absolute Gasteiger partial charge is 0.481 e. The van der Waals surface area contributed by atoms with Gasteiger partial charge in [0.2, 0.25) is 28.6 Å². The Kier molecular flexibility index (Phi) is 6.38. The van der Waals surface area contributed by atoms with Gasteiger partial charge in [-0.3, -0.25) is 14.5 Å². The zero-order valence-corrected chi connectivity index (χ0v) is 15.9. The van der Waals surface area contributed by atoms with Gasteiger partial charge in [-0.15, -0.1) is 0 Å². The number of nitrogens with zero attached hydrogens (tertiary/aromatic N) is 1. The lowest BCUT2D eigenvalue weighted by Crippen LogP contribution is -2.44. The molecule has 0 saturated carbocycles. The summed E-state index contributed by atoms with van der Waals surface area (Å²) in [5, 5.41) is 0. The Morgan fingerprint density at radius 2 is 1.86 bits per heavy atom. The van der Waals surface area contributed by atoms with E-state index < -0.39 is 10.0 Å². The maximum absolute atomic E-state index is 12.0. The summed E-state index contributed by atoms with van der Waals surface area (Å²) in [5.74, 6) is 6.17. The second-order valence-corrected chi connectivity index (χ2v) is 8.02. The number of sulfonamides is 1. The van der Waals surface area contributed by atoms with E-state index in [4.69, 9.17) is 14.2 Å². The summed E-state index contributed by atoms with van der Waals surface area (Å²) in [6, 6.07) is 5.15. The molecule has 28 heavy (non-hydrogen) atoms. The molecule has 3 rings (SSSR count). The van der Waals surface area contributed by atoms with E-state index in [-0.39, 0.29) is 56.9 Å². The normalized spacial score (nSPS) is 15.9. The van der Waals surface area contributed by atoms with Crippen LogP contribution in [-0.4, -0.2) is 57.4 Å². The highest BCUT2D eigenvalue weighted by molar-refractivity contribution is 7.89. The van der Waals surface area contributed by atoms with Crippen molar-refractivity contribution in [2.24, 2.45) is 0 Å². The van der Waals surface area contributed by atoms with Crippen molar-refractivity contribution in [3.05, 3.63) is 18.2 Å². The molecule has 1 aromatic rings. The molecule has 0 bridgehead atoms. The van der Waals surface area contributed by atoms with Gasteiger partial charge in [0.15, 0.2) is 11.5 Å². The van der Waals surface area contributed by atoms with E-state index in [0.717, 1.165) is 4.90 Å². The van der Waals surface area contributed by atoms with E-state index in [0.29, 0.717) is 23.7 Å². The third kappa shape index (κ3) is 5.37. The molecule has 0 radical (unpaired) electrons. The SMILES string of the molecule is O=C1CCCC(=O)N1CCS(=O)(=O)NCC#CCOc1ccc2c(c1)OCO2. The summed E-state index contributed by atoms with van der Waals surface area (Å²) in [6.07, 6.45) is 1.06. The lowest BCUT2D eigenvalue weighted by Gasteiger charge is -2.24. The molecule has 150 valence electrons. The zero-order valence-electron chi connectivity index (χ0n) is 15.1. The van der Waals surface area contributed by atoms with Crippen LogP contribution in [0.25, 0.3) is 0 Å². The van der Waals surface area contributed by atoms with Crippen LogP contribution in [-0.2, 0) is 19.6 Å². The summed E-state index contributed by atoms with van der Waals surface area (Å²) in [6.45, 7) is 0.0271. The fourth-order valence-corrected chi connectivity index (χ4v) is 3.54. The number of benzene rings is 1. The molecule has 2 aliphatic rings. The standard InChI is InChI=1S/C18H20N2O7S/c21-17-4-3-5-18(22)20(17)9-11-28(23,24)19-8-1-2-10-25-14-6-7-15-16(12-14)27-13-26-15/h6-7,12,19H,3-5,8-11,13H2. The first kappa shape index (κ1) is 20.0. The molecule has 1 fully saturated rings. The second kappa shape index (κ2) is 8.95. The third-order valence-electron chi connectivity index (χ3n) is 4.13. The molecular weight excluding hydrogens is 388 g/mol. The first-order chi connectivity index (χ1) is 13.4. The fourth-order valence-electron chi connectivity index (χ4n) is 2.68. The minimum Gasteiger partial charge on any atom is -0.481 e. The average molecular weight is 408 g/mol. The molecule has 2 heterocycles. The lowest BCUT2D eigenvalue weighted by atomic mass is 10.1. The van der Waals surface area contributed by atoms with Gasteiger partial charge >= 0.3 is 0 Å². The van der Waals surface area contributed by atoms with Crippen LogP contribution in [0, 0.1) is 11.8 Å². The Morgan fingerprint density at radius 1 is 1.11 bits per heavy atom. The van der Waals surface area contributed by atoms with Crippen LogP contribution in [0.4, 0.5) is 0 Å². The lowest BCUT2D eigenvalue weighted by molar-refractivity contribution is -0.147. The molecule has 1 aromatic carbocycles. The number of carbonyl (C=O) groups is 2. The number of likely N-dealkylation sites (tertiary alicyclic amines) is 1. The van der Waals surface area contributed by atoms with Crippen molar-refractivity contribution in [2.45, 2.75) is 19.3 Å². The summed E-state index contributed by atoms with van der Waals surface area (Å²) in [7, 11) is -3.64. The number of rotatable bonds is 7. The van der Waals surface area contributed by atoms with Crippen molar-refractivity contribution in [3.8, 4) is 29.1 Å². The van der Waals surface area contributed by atoms with Crippen molar-refractivity contribution >= 4 is 21.8 Å². The number of imide groups is 1. The van der Waals surface area contributed by atoms with Crippen molar-refractivity contribution in [1.29, 1.82) is 0 Å². The highest BCUT2D eigenvalue weighted by Gasteiger charge is 2.26. The van der Waals surface area contributed by atoms with Gasteiger partial charge in [0.05, 0.1) is 12.3 Å². The predicted molar refractivity (Wildman–Crippen MR) is 98.2 cm³/mol. The summed E-state index contributed by atoms with van der Waals surface area (Å²) < 4.78 is 42.1. The first-order valence-corrected chi connectivity index (χ1v) is 10.4. The molecule has 10 heteroatoms. The van der Waals surface area contributed by atoms with Crippen LogP contribution < -0.4 is 18.9 Å². The number of hydrogen-bond acceptors (Lipinski definition) is 7. The van der Waals surface area contributed by atoms with Gasteiger partial charge in [0, 0.05) is 25.5 Å². The molecule has 0 spiro atoms. The minimum absolute atomic E-state index is 0.0815. The Balaban J connectivity index is 1.38. The van der Waals surface area contributed by atoms with Gasteiger partial charge in [-0.05, 0) is 18.6 Å². The molecule has 9 nitrogen and oxygen atoms in total. The molecule has 0 aromatic heterocycles. The van der Waals surface area contributed by atoms with Gasteiger partial charge < -0.3 is 14.2 Å². The van der Waals surface area contributed by atoms with Gasteiger partial charge in [0.25, 0.3) is 0 Å². The van der Waals surface area contributed by atoms with Crippen LogP contribution in [0.5, 0.6) is 17.2 Å². The Morgan fingerprint density at radius 3 is 2.64 bits per heavy atom. The van der Waals surface area contributed by atoms with Crippen LogP contribution in [0.3, 0.4) is 0 Å². The summed E-state index contributed by atoms with van der Waals surface area (Å²) in [4.78, 5) is 24.4. The molecule has 2 amide bonds. The maximum Gasteiger partial charge on any atom is 0.231 e. The number of ether oxygens (including phenoxy) is 3. The van der Waals surface area contributed by atoms with Gasteiger partial charge in [-0.1, -0.05) is 11.8 Å². The topological polar surface area (TPSA) is 111 Å². The smallest absolute Gasteiger partial charge is 0.231 e. The number of nitrogens with one attached hydrogen (secondary N) is 1. The number of hydrogen-bond donors (Lipinski definition) is 1. The van der Waals surface area contributed by atoms with Gasteiger partial charge in [0.1, 0.15) is 12.4 Å². The van der Waals surface area contributed by atoms with E-state index in [9.17, 15) is 18.0 Å². The van der Waals surface area contributed by atoms with E-state index in [2.05, 4.69) is 16.6 Å². The predicted octanol–water partition coefficient (Wildman–Crippen LogP) is 0.256. The van der Waals surface area contributed by atoms with Gasteiger partial charge in [-0.2, -0.15) is 0 Å². The van der Waals surface area contributed by atoms with Crippen LogP contribution >= 0.6 is 0 Å². The minimum atomic E-state index is -3.64. The zero-order chi connectivity index (χ0) is 20.0. The maximum atomic E-state index is 12.0. The monoisotopic (exact) mass is 408 g/mol. The highest BCUT2D eigenvalue weighted by Crippen LogP contribution is 2.34. The van der Waals surface area contributed by atoms with E-state index in [1.165, 1.54) is 0 Å². The highest BCUT2D eigenvalue weighted by atomic mass is 32.2. The van der Waals surface area contributed by atoms with E-state index >= 15 is 0 Å².